The Morgan fingerprint density at radius 1 is 1.03 bits per heavy atom. The first-order chi connectivity index (χ1) is 17.0. The maximum atomic E-state index is 13.0. The molecule has 0 aliphatic carbocycles. The van der Waals surface area contributed by atoms with Crippen molar-refractivity contribution in [1.82, 2.24) is 4.98 Å². The van der Waals surface area contributed by atoms with Gasteiger partial charge in [-0.05, 0) is 62.2 Å². The summed E-state index contributed by atoms with van der Waals surface area (Å²) in [6, 6.07) is 23.7. The third kappa shape index (κ3) is 4.53. The first kappa shape index (κ1) is 22.4. The molecule has 174 valence electrons. The van der Waals surface area contributed by atoms with Crippen molar-refractivity contribution in [2.45, 2.75) is 20.8 Å². The number of amides is 1. The summed E-state index contributed by atoms with van der Waals surface area (Å²) in [5, 5.41) is 4.88. The SMILES string of the molecule is CCOc1cc2occ(-c3ccccc3)c2cc1/C(C)=C/C(=O)Nc1cccc2nc(C)ccc12. The van der Waals surface area contributed by atoms with Crippen LogP contribution in [0, 0.1) is 6.92 Å². The molecule has 0 saturated heterocycles. The van der Waals surface area contributed by atoms with Gasteiger partial charge >= 0.3 is 0 Å². The lowest BCUT2D eigenvalue weighted by atomic mass is 9.99. The number of fused-ring (bicyclic) bond motifs is 2. The average molecular weight is 463 g/mol. The highest BCUT2D eigenvalue weighted by atomic mass is 16.5. The fourth-order valence-corrected chi connectivity index (χ4v) is 4.29. The Hall–Kier alpha value is -4.38. The van der Waals surface area contributed by atoms with Crippen LogP contribution >= 0.6 is 0 Å². The number of aromatic nitrogens is 1. The van der Waals surface area contributed by atoms with Gasteiger partial charge in [-0.2, -0.15) is 0 Å². The first-order valence-corrected chi connectivity index (χ1v) is 11.6. The summed E-state index contributed by atoms with van der Waals surface area (Å²) in [6.07, 6.45) is 3.37. The molecule has 0 radical (unpaired) electrons. The highest BCUT2D eigenvalue weighted by Gasteiger charge is 2.15. The minimum Gasteiger partial charge on any atom is -0.493 e. The Balaban J connectivity index is 1.51. The molecule has 0 aliphatic rings. The minimum atomic E-state index is -0.214. The molecule has 5 rings (SSSR count). The lowest BCUT2D eigenvalue weighted by Gasteiger charge is -2.12. The molecule has 3 aromatic carbocycles. The van der Waals surface area contributed by atoms with E-state index in [0.717, 1.165) is 55.5 Å². The van der Waals surface area contributed by atoms with Gasteiger partial charge in [0.15, 0.2) is 0 Å². The number of furan rings is 1. The number of pyridine rings is 1. The summed E-state index contributed by atoms with van der Waals surface area (Å²) in [5.41, 5.74) is 6.97. The number of rotatable bonds is 6. The van der Waals surface area contributed by atoms with Crippen molar-refractivity contribution < 1.29 is 13.9 Å². The van der Waals surface area contributed by atoms with E-state index in [9.17, 15) is 4.79 Å². The summed E-state index contributed by atoms with van der Waals surface area (Å²) < 4.78 is 11.8. The Labute approximate surface area is 204 Å². The van der Waals surface area contributed by atoms with Crippen LogP contribution in [-0.2, 0) is 4.79 Å². The van der Waals surface area contributed by atoms with Crippen LogP contribution in [0.4, 0.5) is 5.69 Å². The highest BCUT2D eigenvalue weighted by molar-refractivity contribution is 6.09. The predicted octanol–water partition coefficient (Wildman–Crippen LogP) is 7.40. The zero-order valence-electron chi connectivity index (χ0n) is 20.0. The molecule has 5 aromatic rings. The molecule has 5 heteroatoms. The molecular weight excluding hydrogens is 436 g/mol. The van der Waals surface area contributed by atoms with Crippen molar-refractivity contribution in [3.63, 3.8) is 0 Å². The molecule has 0 unspecified atom stereocenters. The summed E-state index contributed by atoms with van der Waals surface area (Å²) >= 11 is 0. The van der Waals surface area contributed by atoms with Crippen molar-refractivity contribution in [2.24, 2.45) is 0 Å². The van der Waals surface area contributed by atoms with Gasteiger partial charge in [-0.3, -0.25) is 9.78 Å². The number of carbonyl (C=O) groups is 1. The standard InChI is InChI=1S/C30H26N2O3/c1-4-34-28-17-29-24(25(18-35-29)21-9-6-5-7-10-21)16-23(28)19(2)15-30(33)32-27-12-8-11-26-22(27)14-13-20(3)31-26/h5-18H,4H2,1-3H3,(H,32,33)/b19-15+. The minimum absolute atomic E-state index is 0.214. The number of hydrogen-bond donors (Lipinski definition) is 1. The topological polar surface area (TPSA) is 64.4 Å². The number of anilines is 1. The quantitative estimate of drug-likeness (QED) is 0.267. The van der Waals surface area contributed by atoms with Gasteiger partial charge in [0.05, 0.1) is 24.1 Å². The van der Waals surface area contributed by atoms with E-state index in [4.69, 9.17) is 9.15 Å². The molecule has 5 nitrogen and oxygen atoms in total. The molecule has 0 spiro atoms. The molecule has 2 aromatic heterocycles. The normalized spacial score (nSPS) is 11.7. The van der Waals surface area contributed by atoms with E-state index in [2.05, 4.69) is 22.4 Å². The van der Waals surface area contributed by atoms with Gasteiger partial charge in [0.25, 0.3) is 0 Å². The van der Waals surface area contributed by atoms with Gasteiger partial charge in [-0.25, -0.2) is 0 Å². The zero-order chi connectivity index (χ0) is 24.4. The second-order valence-electron chi connectivity index (χ2n) is 8.43. The van der Waals surface area contributed by atoms with Crippen molar-refractivity contribution in [1.29, 1.82) is 0 Å². The summed E-state index contributed by atoms with van der Waals surface area (Å²) in [6.45, 7) is 6.31. The molecule has 0 fully saturated rings. The number of nitrogens with zero attached hydrogens (tertiary/aromatic N) is 1. The summed E-state index contributed by atoms with van der Waals surface area (Å²) in [7, 11) is 0. The van der Waals surface area contributed by atoms with Gasteiger partial charge in [0, 0.05) is 39.7 Å². The van der Waals surface area contributed by atoms with E-state index < -0.39 is 0 Å². The molecule has 0 saturated carbocycles. The highest BCUT2D eigenvalue weighted by Crippen LogP contribution is 2.37. The van der Waals surface area contributed by atoms with Crippen LogP contribution < -0.4 is 10.1 Å². The Morgan fingerprint density at radius 3 is 2.66 bits per heavy atom. The average Bonchev–Trinajstić information content (AvgIpc) is 3.27. The van der Waals surface area contributed by atoms with Crippen LogP contribution in [0.1, 0.15) is 25.1 Å². The third-order valence-corrected chi connectivity index (χ3v) is 5.96. The van der Waals surface area contributed by atoms with Crippen LogP contribution in [-0.4, -0.2) is 17.5 Å². The third-order valence-electron chi connectivity index (χ3n) is 5.96. The van der Waals surface area contributed by atoms with Crippen LogP contribution in [0.3, 0.4) is 0 Å². The number of benzene rings is 3. The predicted molar refractivity (Wildman–Crippen MR) is 142 cm³/mol. The van der Waals surface area contributed by atoms with Crippen molar-refractivity contribution in [2.75, 3.05) is 11.9 Å². The monoisotopic (exact) mass is 462 g/mol. The molecule has 1 N–H and O–H groups in total. The van der Waals surface area contributed by atoms with Crippen molar-refractivity contribution in [3.8, 4) is 16.9 Å². The molecule has 0 aliphatic heterocycles. The van der Waals surface area contributed by atoms with E-state index in [1.165, 1.54) is 0 Å². The number of aryl methyl sites for hydroxylation is 1. The van der Waals surface area contributed by atoms with E-state index in [1.807, 2.05) is 81.4 Å². The number of ether oxygens (including phenoxy) is 1. The van der Waals surface area contributed by atoms with E-state index >= 15 is 0 Å². The maximum Gasteiger partial charge on any atom is 0.248 e. The van der Waals surface area contributed by atoms with Gasteiger partial charge in [0.2, 0.25) is 5.91 Å². The van der Waals surface area contributed by atoms with Gasteiger partial charge in [0.1, 0.15) is 11.3 Å². The van der Waals surface area contributed by atoms with Crippen molar-refractivity contribution >= 4 is 39.0 Å². The molecule has 0 bridgehead atoms. The molecule has 1 amide bonds. The van der Waals surface area contributed by atoms with E-state index in [1.54, 1.807) is 12.3 Å². The smallest absolute Gasteiger partial charge is 0.248 e. The van der Waals surface area contributed by atoms with Gasteiger partial charge < -0.3 is 14.5 Å². The second kappa shape index (κ2) is 9.47. The van der Waals surface area contributed by atoms with Crippen LogP contribution in [0.25, 0.3) is 38.6 Å². The summed E-state index contributed by atoms with van der Waals surface area (Å²) in [5.74, 6) is 0.467. The number of hydrogen-bond acceptors (Lipinski definition) is 4. The first-order valence-electron chi connectivity index (χ1n) is 11.6. The number of carbonyl (C=O) groups excluding carboxylic acids is 1. The maximum absolute atomic E-state index is 13.0. The molecule has 0 atom stereocenters. The Bertz CT molecular complexity index is 1570. The van der Waals surface area contributed by atoms with Gasteiger partial charge in [-0.1, -0.05) is 36.4 Å². The molecular formula is C30H26N2O3. The Kier molecular flexibility index (Phi) is 6.06. The second-order valence-corrected chi connectivity index (χ2v) is 8.43. The summed E-state index contributed by atoms with van der Waals surface area (Å²) in [4.78, 5) is 17.6. The van der Waals surface area contributed by atoms with Crippen molar-refractivity contribution in [3.05, 3.63) is 96.4 Å². The van der Waals surface area contributed by atoms with Crippen LogP contribution in [0.5, 0.6) is 5.75 Å². The molecule has 2 heterocycles. The molecule has 35 heavy (non-hydrogen) atoms. The van der Waals surface area contributed by atoms with Crippen LogP contribution in [0.2, 0.25) is 0 Å². The number of allylic oxidation sites excluding steroid dienone is 1. The largest absolute Gasteiger partial charge is 0.493 e. The van der Waals surface area contributed by atoms with Crippen LogP contribution in [0.15, 0.2) is 89.6 Å². The zero-order valence-corrected chi connectivity index (χ0v) is 20.0. The fourth-order valence-electron chi connectivity index (χ4n) is 4.29. The number of nitrogens with one attached hydrogen (secondary N) is 1. The van der Waals surface area contributed by atoms with Gasteiger partial charge in [-0.15, -0.1) is 0 Å². The lowest BCUT2D eigenvalue weighted by Crippen LogP contribution is -2.09. The van der Waals surface area contributed by atoms with E-state index in [0.29, 0.717) is 12.4 Å². The Morgan fingerprint density at radius 2 is 1.86 bits per heavy atom. The fraction of sp³-hybridized carbons (Fsp3) is 0.133. The van der Waals surface area contributed by atoms with E-state index in [-0.39, 0.29) is 5.91 Å². The lowest BCUT2D eigenvalue weighted by molar-refractivity contribution is -0.111.